The van der Waals surface area contributed by atoms with Gasteiger partial charge in [0.15, 0.2) is 17.6 Å². The van der Waals surface area contributed by atoms with Crippen LogP contribution in [-0.2, 0) is 24.3 Å². The van der Waals surface area contributed by atoms with Crippen LogP contribution in [0.15, 0.2) is 47.4 Å². The Hall–Kier alpha value is -3.62. The number of benzene rings is 2. The molecule has 10 nitrogen and oxygen atoms in total. The molecule has 0 aromatic heterocycles. The summed E-state index contributed by atoms with van der Waals surface area (Å²) in [6.45, 7) is 2.53. The van der Waals surface area contributed by atoms with E-state index in [9.17, 15) is 18.0 Å². The van der Waals surface area contributed by atoms with Crippen molar-refractivity contribution in [1.82, 2.24) is 4.31 Å². The summed E-state index contributed by atoms with van der Waals surface area (Å²) >= 11 is 0. The molecule has 1 atom stereocenters. The molecule has 1 fully saturated rings. The third kappa shape index (κ3) is 5.55. The zero-order valence-corrected chi connectivity index (χ0v) is 19.9. The first-order chi connectivity index (χ1) is 16.8. The van der Waals surface area contributed by atoms with Crippen molar-refractivity contribution in [3.63, 3.8) is 0 Å². The van der Waals surface area contributed by atoms with Gasteiger partial charge in [-0.15, -0.1) is 0 Å². The molecular formula is C24H25N3O7S. The summed E-state index contributed by atoms with van der Waals surface area (Å²) in [5.41, 5.74) is 0.819. The SMILES string of the molecule is CC(OC(=O)C1CCN(S(=O)(=O)c2ccc3c(c2)OCCO3)CC1)C(=O)Nc1cccc(C#N)c1. The predicted molar refractivity (Wildman–Crippen MR) is 124 cm³/mol. The Balaban J connectivity index is 1.31. The number of anilines is 1. The number of carbonyl (C=O) groups excluding carboxylic acids is 2. The summed E-state index contributed by atoms with van der Waals surface area (Å²) in [5, 5.41) is 11.6. The van der Waals surface area contributed by atoms with E-state index in [1.54, 1.807) is 24.3 Å². The molecule has 11 heteroatoms. The van der Waals surface area contributed by atoms with Crippen molar-refractivity contribution in [3.05, 3.63) is 48.0 Å². The Morgan fingerprint density at radius 2 is 1.83 bits per heavy atom. The van der Waals surface area contributed by atoms with Crippen LogP contribution in [0.25, 0.3) is 0 Å². The third-order valence-electron chi connectivity index (χ3n) is 5.86. The van der Waals surface area contributed by atoms with Crippen molar-refractivity contribution in [2.45, 2.75) is 30.8 Å². The monoisotopic (exact) mass is 499 g/mol. The molecule has 1 unspecified atom stereocenters. The molecule has 184 valence electrons. The van der Waals surface area contributed by atoms with Gasteiger partial charge in [0.25, 0.3) is 5.91 Å². The molecule has 0 saturated carbocycles. The van der Waals surface area contributed by atoms with E-state index in [4.69, 9.17) is 19.5 Å². The van der Waals surface area contributed by atoms with Gasteiger partial charge in [-0.05, 0) is 50.1 Å². The molecule has 1 N–H and O–H groups in total. The molecule has 1 amide bonds. The second-order valence-corrected chi connectivity index (χ2v) is 10.2. The number of fused-ring (bicyclic) bond motifs is 1. The normalized spacial score (nSPS) is 17.1. The molecule has 0 radical (unpaired) electrons. The summed E-state index contributed by atoms with van der Waals surface area (Å²) < 4.78 is 43.7. The fourth-order valence-electron chi connectivity index (χ4n) is 3.90. The van der Waals surface area contributed by atoms with Gasteiger partial charge in [-0.3, -0.25) is 9.59 Å². The Morgan fingerprint density at radius 1 is 1.11 bits per heavy atom. The van der Waals surface area contributed by atoms with Crippen molar-refractivity contribution < 1.29 is 32.2 Å². The van der Waals surface area contributed by atoms with E-state index in [2.05, 4.69) is 5.32 Å². The standard InChI is InChI=1S/C24H25N3O7S/c1-16(23(28)26-19-4-2-3-17(13-19)15-25)34-24(29)18-7-9-27(10-8-18)35(30,31)20-5-6-21-22(14-20)33-12-11-32-21/h2-6,13-14,16,18H,7-12H2,1H3,(H,26,28). The van der Waals surface area contributed by atoms with Gasteiger partial charge >= 0.3 is 5.97 Å². The second-order valence-electron chi connectivity index (χ2n) is 8.24. The number of sulfonamides is 1. The molecule has 0 bridgehead atoms. The third-order valence-corrected chi connectivity index (χ3v) is 7.75. The number of ether oxygens (including phenoxy) is 3. The molecule has 2 heterocycles. The number of amides is 1. The Bertz CT molecular complexity index is 1260. The van der Waals surface area contributed by atoms with Crippen molar-refractivity contribution >= 4 is 27.6 Å². The van der Waals surface area contributed by atoms with Gasteiger partial charge in [0, 0.05) is 24.8 Å². The highest BCUT2D eigenvalue weighted by atomic mass is 32.2. The van der Waals surface area contributed by atoms with Gasteiger partial charge in [-0.1, -0.05) is 6.07 Å². The first kappa shape index (κ1) is 24.5. The van der Waals surface area contributed by atoms with Crippen LogP contribution in [0, 0.1) is 17.2 Å². The van der Waals surface area contributed by atoms with E-state index in [1.165, 1.54) is 29.4 Å². The lowest BCUT2D eigenvalue weighted by atomic mass is 9.98. The number of piperidine rings is 1. The first-order valence-corrected chi connectivity index (χ1v) is 12.6. The van der Waals surface area contributed by atoms with Gasteiger partial charge < -0.3 is 19.5 Å². The van der Waals surface area contributed by atoms with Crippen LogP contribution < -0.4 is 14.8 Å². The van der Waals surface area contributed by atoms with Crippen LogP contribution in [-0.4, -0.2) is 57.0 Å². The molecule has 2 aromatic carbocycles. The Morgan fingerprint density at radius 3 is 2.54 bits per heavy atom. The molecule has 0 aliphatic carbocycles. The van der Waals surface area contributed by atoms with Crippen molar-refractivity contribution in [3.8, 4) is 17.6 Å². The van der Waals surface area contributed by atoms with Crippen LogP contribution in [0.3, 0.4) is 0 Å². The van der Waals surface area contributed by atoms with E-state index in [-0.39, 0.29) is 30.8 Å². The Kier molecular flexibility index (Phi) is 7.23. The Labute approximate surface area is 203 Å². The average molecular weight is 500 g/mol. The van der Waals surface area contributed by atoms with E-state index in [0.29, 0.717) is 36.0 Å². The van der Waals surface area contributed by atoms with Gasteiger partial charge in [0.05, 0.1) is 22.4 Å². The molecule has 2 aliphatic rings. The molecule has 0 spiro atoms. The number of nitrogens with zero attached hydrogens (tertiary/aromatic N) is 2. The molecule has 2 aliphatic heterocycles. The topological polar surface area (TPSA) is 135 Å². The number of hydrogen-bond donors (Lipinski definition) is 1. The molecule has 4 rings (SSSR count). The van der Waals surface area contributed by atoms with Gasteiger partial charge in [0.2, 0.25) is 10.0 Å². The zero-order chi connectivity index (χ0) is 25.0. The number of carbonyl (C=O) groups is 2. The van der Waals surface area contributed by atoms with Gasteiger partial charge in [-0.2, -0.15) is 9.57 Å². The van der Waals surface area contributed by atoms with Gasteiger partial charge in [0.1, 0.15) is 13.2 Å². The molecule has 2 aromatic rings. The number of nitrogens with one attached hydrogen (secondary N) is 1. The predicted octanol–water partition coefficient (Wildman–Crippen LogP) is 2.30. The zero-order valence-electron chi connectivity index (χ0n) is 19.1. The maximum Gasteiger partial charge on any atom is 0.309 e. The lowest BCUT2D eigenvalue weighted by Crippen LogP contribution is -2.41. The van der Waals surface area contributed by atoms with Crippen LogP contribution in [0.4, 0.5) is 5.69 Å². The lowest BCUT2D eigenvalue weighted by molar-refractivity contribution is -0.158. The highest BCUT2D eigenvalue weighted by Crippen LogP contribution is 2.34. The fourth-order valence-corrected chi connectivity index (χ4v) is 5.39. The van der Waals surface area contributed by atoms with E-state index in [0.717, 1.165) is 0 Å². The largest absolute Gasteiger partial charge is 0.486 e. The van der Waals surface area contributed by atoms with Crippen molar-refractivity contribution in [2.75, 3.05) is 31.6 Å². The highest BCUT2D eigenvalue weighted by Gasteiger charge is 2.34. The summed E-state index contributed by atoms with van der Waals surface area (Å²) in [6.07, 6.45) is -0.491. The lowest BCUT2D eigenvalue weighted by Gasteiger charge is -2.30. The van der Waals surface area contributed by atoms with Gasteiger partial charge in [-0.25, -0.2) is 8.42 Å². The number of nitriles is 1. The fraction of sp³-hybridized carbons (Fsp3) is 0.375. The number of hydrogen-bond acceptors (Lipinski definition) is 8. The molecular weight excluding hydrogens is 474 g/mol. The summed E-state index contributed by atoms with van der Waals surface area (Å²) in [5.74, 6) is -0.685. The van der Waals surface area contributed by atoms with Crippen LogP contribution in [0.2, 0.25) is 0 Å². The second kappa shape index (κ2) is 10.3. The van der Waals surface area contributed by atoms with E-state index >= 15 is 0 Å². The number of rotatable bonds is 6. The van der Waals surface area contributed by atoms with Crippen molar-refractivity contribution in [1.29, 1.82) is 5.26 Å². The average Bonchev–Trinajstić information content (AvgIpc) is 2.88. The smallest absolute Gasteiger partial charge is 0.309 e. The molecule has 1 saturated heterocycles. The summed E-state index contributed by atoms with van der Waals surface area (Å²) in [7, 11) is -3.76. The van der Waals surface area contributed by atoms with E-state index in [1.807, 2.05) is 6.07 Å². The van der Waals surface area contributed by atoms with Crippen LogP contribution in [0.5, 0.6) is 11.5 Å². The summed E-state index contributed by atoms with van der Waals surface area (Å²) in [6, 6.07) is 12.9. The minimum Gasteiger partial charge on any atom is -0.486 e. The van der Waals surface area contributed by atoms with Crippen LogP contribution in [0.1, 0.15) is 25.3 Å². The maximum absolute atomic E-state index is 13.1. The minimum atomic E-state index is -3.76. The quantitative estimate of drug-likeness (QED) is 0.598. The number of esters is 1. The summed E-state index contributed by atoms with van der Waals surface area (Å²) in [4.78, 5) is 25.1. The van der Waals surface area contributed by atoms with Crippen molar-refractivity contribution in [2.24, 2.45) is 5.92 Å². The molecule has 35 heavy (non-hydrogen) atoms. The van der Waals surface area contributed by atoms with E-state index < -0.39 is 33.9 Å². The first-order valence-electron chi connectivity index (χ1n) is 11.2. The minimum absolute atomic E-state index is 0.105. The maximum atomic E-state index is 13.1. The highest BCUT2D eigenvalue weighted by molar-refractivity contribution is 7.89. The van der Waals surface area contributed by atoms with Crippen LogP contribution >= 0.6 is 0 Å².